The van der Waals surface area contributed by atoms with Crippen molar-refractivity contribution < 1.29 is 33.8 Å². The average molecular weight is 920 g/mol. The van der Waals surface area contributed by atoms with E-state index in [0.29, 0.717) is 88.9 Å². The van der Waals surface area contributed by atoms with Crippen LogP contribution in [0.4, 0.5) is 21.5 Å². The van der Waals surface area contributed by atoms with Gasteiger partial charge < -0.3 is 35.5 Å². The van der Waals surface area contributed by atoms with E-state index in [1.165, 1.54) is 12.1 Å². The highest BCUT2D eigenvalue weighted by atomic mass is 19.1. The molecule has 11 nitrogen and oxygen atoms in total. The van der Waals surface area contributed by atoms with Gasteiger partial charge in [-0.1, -0.05) is 111 Å². The normalized spacial score (nSPS) is 20.5. The first-order valence-corrected chi connectivity index (χ1v) is 24.4. The molecule has 4 N–H and O–H groups in total. The average Bonchev–Trinajstić information content (AvgIpc) is 4.20. The van der Waals surface area contributed by atoms with Crippen LogP contribution in [0.3, 0.4) is 0 Å². The molecule has 9 rings (SSSR count). The Morgan fingerprint density at radius 3 is 1.31 bits per heavy atom. The molecule has 0 bridgehead atoms. The van der Waals surface area contributed by atoms with Crippen molar-refractivity contribution in [3.05, 3.63) is 162 Å². The molecule has 354 valence electrons. The highest BCUT2D eigenvalue weighted by Gasteiger charge is 2.50. The summed E-state index contributed by atoms with van der Waals surface area (Å²) in [7, 11) is 0. The van der Waals surface area contributed by atoms with Gasteiger partial charge in [-0.3, -0.25) is 19.2 Å². The van der Waals surface area contributed by atoms with Crippen LogP contribution in [0.25, 0.3) is 0 Å². The lowest BCUT2D eigenvalue weighted by Crippen LogP contribution is -2.50. The van der Waals surface area contributed by atoms with Gasteiger partial charge in [0.2, 0.25) is 23.6 Å². The van der Waals surface area contributed by atoms with E-state index in [0.717, 1.165) is 53.6 Å². The number of anilines is 3. The van der Waals surface area contributed by atoms with Crippen LogP contribution in [0.1, 0.15) is 111 Å². The van der Waals surface area contributed by atoms with Gasteiger partial charge >= 0.3 is 0 Å². The maximum atomic E-state index is 14.3. The summed E-state index contributed by atoms with van der Waals surface area (Å²) in [6.07, 6.45) is 8.12. The molecule has 0 aromatic heterocycles. The number of nitrogens with one attached hydrogen (secondary N) is 2. The second kappa shape index (κ2) is 20.5. The second-order valence-electron chi connectivity index (χ2n) is 19.4. The molecule has 5 aromatic rings. The van der Waals surface area contributed by atoms with Crippen LogP contribution >= 0.6 is 0 Å². The van der Waals surface area contributed by atoms with E-state index >= 15 is 0 Å². The number of benzene rings is 5. The van der Waals surface area contributed by atoms with E-state index in [9.17, 15) is 33.8 Å². The fourth-order valence-electron chi connectivity index (χ4n) is 11.3. The van der Waals surface area contributed by atoms with Gasteiger partial charge in [-0.05, 0) is 122 Å². The molecule has 0 radical (unpaired) electrons. The molecule has 5 aromatic carbocycles. The summed E-state index contributed by atoms with van der Waals surface area (Å²) in [5, 5.41) is 29.5. The third kappa shape index (κ3) is 10.2. The number of halogens is 1. The van der Waals surface area contributed by atoms with E-state index in [2.05, 4.69) is 15.5 Å². The van der Waals surface area contributed by atoms with E-state index in [-0.39, 0.29) is 29.4 Å². The summed E-state index contributed by atoms with van der Waals surface area (Å²) >= 11 is 0. The minimum Gasteiger partial charge on any atom is -0.389 e. The van der Waals surface area contributed by atoms with Gasteiger partial charge in [0.1, 0.15) is 17.9 Å². The third-order valence-electron chi connectivity index (χ3n) is 14.8. The predicted molar refractivity (Wildman–Crippen MR) is 261 cm³/mol. The highest BCUT2D eigenvalue weighted by molar-refractivity contribution is 5.99. The molecule has 4 fully saturated rings. The number of carbonyl (C=O) groups is 4. The van der Waals surface area contributed by atoms with Gasteiger partial charge in [-0.2, -0.15) is 0 Å². The predicted octanol–water partition coefficient (Wildman–Crippen LogP) is 9.07. The minimum absolute atomic E-state index is 0.202. The number of carbonyl (C=O) groups excluding carboxylic acids is 4. The Bertz CT molecular complexity index is 2370. The van der Waals surface area contributed by atoms with Gasteiger partial charge in [-0.15, -0.1) is 0 Å². The zero-order valence-electron chi connectivity index (χ0n) is 38.6. The van der Waals surface area contributed by atoms with Crippen LogP contribution in [0.2, 0.25) is 0 Å². The number of nitrogens with zero attached hydrogens (tertiary/aromatic N) is 3. The fraction of sp³-hybridized carbons (Fsp3) is 0.393. The Hall–Kier alpha value is -6.37. The standard InChI is InChI=1S/C56H62FN5O6/c57-43-23-29-46(30-24-43)60(37-39-19-25-44(26-20-39)58-51(63)47-17-11-35-61(47)53(65)49(41-13-3-1-4-14-41)55(67)31-7-8-32-55)38-40-21-27-45(28-22-40)59-52(64)48-18-12-36-62(48)54(66)50(42-15-5-2-6-16-42)56(68)33-9-10-34-56/h1-6,13-16,19-30,47-50,67-68H,7-12,17-18,31-38H2,(H,58,63)(H,59,64)/t47-,48-,49?,50?/m0/s1. The Morgan fingerprint density at radius 1 is 0.544 bits per heavy atom. The van der Waals surface area contributed by atoms with Gasteiger partial charge in [-0.25, -0.2) is 4.39 Å². The summed E-state index contributed by atoms with van der Waals surface area (Å²) in [6, 6.07) is 39.1. The molecule has 2 aliphatic carbocycles. The lowest BCUT2D eigenvalue weighted by Gasteiger charge is -2.36. The van der Waals surface area contributed by atoms with Crippen molar-refractivity contribution in [3.8, 4) is 0 Å². The lowest BCUT2D eigenvalue weighted by molar-refractivity contribution is -0.144. The Labute approximate surface area is 398 Å². The topological polar surface area (TPSA) is 143 Å². The van der Waals surface area contributed by atoms with Crippen LogP contribution < -0.4 is 15.5 Å². The summed E-state index contributed by atoms with van der Waals surface area (Å²) in [6.45, 7) is 1.85. The van der Waals surface area contributed by atoms with Crippen molar-refractivity contribution in [2.45, 2.75) is 125 Å². The van der Waals surface area contributed by atoms with E-state index in [1.807, 2.05) is 109 Å². The first kappa shape index (κ1) is 46.7. The lowest BCUT2D eigenvalue weighted by atomic mass is 9.79. The van der Waals surface area contributed by atoms with E-state index in [1.54, 1.807) is 21.9 Å². The molecule has 2 saturated heterocycles. The first-order chi connectivity index (χ1) is 33.0. The molecule has 4 aliphatic rings. The van der Waals surface area contributed by atoms with Gasteiger partial charge in [0.25, 0.3) is 0 Å². The molecule has 2 unspecified atom stereocenters. The monoisotopic (exact) mass is 919 g/mol. The van der Waals surface area contributed by atoms with Crippen molar-refractivity contribution in [2.75, 3.05) is 28.6 Å². The SMILES string of the molecule is O=C(Nc1ccc(CN(Cc2ccc(NC(=O)[C@@H]3CCCN3C(=O)C(c3ccccc3)C3(O)CCCC3)cc2)c2ccc(F)cc2)cc1)[C@@H]1CCCN1C(=O)C(c1ccccc1)C1(O)CCCC1. The molecule has 12 heteroatoms. The first-order valence-electron chi connectivity index (χ1n) is 24.4. The van der Waals surface area contributed by atoms with Crippen molar-refractivity contribution in [1.82, 2.24) is 9.80 Å². The molecule has 4 amide bonds. The second-order valence-corrected chi connectivity index (χ2v) is 19.4. The molecule has 2 heterocycles. The molecule has 68 heavy (non-hydrogen) atoms. The number of aliphatic hydroxyl groups is 2. The van der Waals surface area contributed by atoms with Gasteiger partial charge in [0, 0.05) is 43.2 Å². The molecule has 2 aliphatic heterocycles. The quantitative estimate of drug-likeness (QED) is 0.0821. The molecular weight excluding hydrogens is 858 g/mol. The maximum absolute atomic E-state index is 14.3. The van der Waals surface area contributed by atoms with Crippen molar-refractivity contribution in [2.24, 2.45) is 0 Å². The van der Waals surface area contributed by atoms with Gasteiger partial charge in [0.05, 0.1) is 23.0 Å². The summed E-state index contributed by atoms with van der Waals surface area (Å²) in [5.41, 5.74) is 3.18. The minimum atomic E-state index is -1.14. The summed E-state index contributed by atoms with van der Waals surface area (Å²) in [4.78, 5) is 61.7. The molecule has 2 saturated carbocycles. The largest absolute Gasteiger partial charge is 0.389 e. The molecular formula is C56H62FN5O6. The maximum Gasteiger partial charge on any atom is 0.247 e. The van der Waals surface area contributed by atoms with Crippen LogP contribution in [-0.2, 0) is 32.3 Å². The zero-order chi connectivity index (χ0) is 47.3. The zero-order valence-corrected chi connectivity index (χ0v) is 38.6. The van der Waals surface area contributed by atoms with Crippen LogP contribution in [-0.4, -0.2) is 80.0 Å². The Balaban J connectivity index is 0.839. The van der Waals surface area contributed by atoms with E-state index < -0.39 is 35.1 Å². The van der Waals surface area contributed by atoms with Gasteiger partial charge in [0.15, 0.2) is 0 Å². The van der Waals surface area contributed by atoms with Crippen LogP contribution in [0.5, 0.6) is 0 Å². The number of amides is 4. The van der Waals surface area contributed by atoms with Crippen molar-refractivity contribution in [1.29, 1.82) is 0 Å². The Kier molecular flexibility index (Phi) is 14.1. The fourth-order valence-corrected chi connectivity index (χ4v) is 11.3. The van der Waals surface area contributed by atoms with Crippen molar-refractivity contribution >= 4 is 40.7 Å². The van der Waals surface area contributed by atoms with Crippen LogP contribution in [0.15, 0.2) is 133 Å². The summed E-state index contributed by atoms with van der Waals surface area (Å²) in [5.74, 6) is -2.72. The van der Waals surface area contributed by atoms with E-state index in [4.69, 9.17) is 0 Å². The molecule has 0 spiro atoms. The third-order valence-corrected chi connectivity index (χ3v) is 14.8. The van der Waals surface area contributed by atoms with Crippen LogP contribution in [0, 0.1) is 5.82 Å². The number of hydrogen-bond acceptors (Lipinski definition) is 7. The smallest absolute Gasteiger partial charge is 0.247 e. The highest BCUT2D eigenvalue weighted by Crippen LogP contribution is 2.45. The number of hydrogen-bond donors (Lipinski definition) is 4. The number of likely N-dealkylation sites (tertiary alicyclic amines) is 2. The summed E-state index contributed by atoms with van der Waals surface area (Å²) < 4.78 is 14.1. The molecule has 4 atom stereocenters. The number of rotatable bonds is 15. The van der Waals surface area contributed by atoms with Crippen molar-refractivity contribution in [3.63, 3.8) is 0 Å². The Morgan fingerprint density at radius 2 is 0.926 bits per heavy atom.